The molecule has 2 fully saturated rings. The molecule has 0 aromatic heterocycles. The van der Waals surface area contributed by atoms with E-state index in [1.165, 1.54) is 0 Å². The van der Waals surface area contributed by atoms with Crippen LogP contribution in [0.4, 0.5) is 0 Å². The lowest BCUT2D eigenvalue weighted by molar-refractivity contribution is -0.132. The molecule has 6 nitrogen and oxygen atoms in total. The highest BCUT2D eigenvalue weighted by atomic mass is 35.5. The normalized spacial score (nSPS) is 21.7. The van der Waals surface area contributed by atoms with Crippen molar-refractivity contribution in [3.05, 3.63) is 34.9 Å². The van der Waals surface area contributed by atoms with Crippen molar-refractivity contribution in [2.24, 2.45) is 0 Å². The highest BCUT2D eigenvalue weighted by Gasteiger charge is 2.25. The Morgan fingerprint density at radius 1 is 1.20 bits per heavy atom. The van der Waals surface area contributed by atoms with Gasteiger partial charge in [0.1, 0.15) is 0 Å². The minimum absolute atomic E-state index is 0.0286. The van der Waals surface area contributed by atoms with E-state index in [4.69, 9.17) is 16.3 Å². The third-order valence-corrected chi connectivity index (χ3v) is 4.86. The van der Waals surface area contributed by atoms with Crippen LogP contribution >= 0.6 is 11.6 Å². The maximum absolute atomic E-state index is 12.6. The van der Waals surface area contributed by atoms with Gasteiger partial charge in [-0.1, -0.05) is 17.7 Å². The molecular weight excluding hydrogens is 342 g/mol. The number of nitrogens with zero attached hydrogens (tertiary/aromatic N) is 2. The van der Waals surface area contributed by atoms with Crippen LogP contribution in [0.1, 0.15) is 23.2 Å². The van der Waals surface area contributed by atoms with Crippen molar-refractivity contribution in [1.82, 2.24) is 15.1 Å². The summed E-state index contributed by atoms with van der Waals surface area (Å²) in [4.78, 5) is 28.8. The third kappa shape index (κ3) is 4.93. The van der Waals surface area contributed by atoms with Crippen LogP contribution in [-0.4, -0.2) is 73.6 Å². The lowest BCUT2D eigenvalue weighted by Crippen LogP contribution is -2.45. The van der Waals surface area contributed by atoms with E-state index in [1.807, 2.05) is 4.90 Å². The summed E-state index contributed by atoms with van der Waals surface area (Å²) in [7, 11) is 0. The number of rotatable bonds is 3. The number of amides is 2. The molecule has 1 N–H and O–H groups in total. The fourth-order valence-corrected chi connectivity index (χ4v) is 3.46. The summed E-state index contributed by atoms with van der Waals surface area (Å²) in [6.07, 6.45) is 1.23. The predicted molar refractivity (Wildman–Crippen MR) is 95.8 cm³/mol. The third-order valence-electron chi connectivity index (χ3n) is 4.63. The average molecular weight is 366 g/mol. The highest BCUT2D eigenvalue weighted by Crippen LogP contribution is 2.15. The molecule has 0 spiro atoms. The second-order valence-electron chi connectivity index (χ2n) is 6.47. The second-order valence-corrected chi connectivity index (χ2v) is 6.90. The van der Waals surface area contributed by atoms with Gasteiger partial charge in [0.2, 0.25) is 5.91 Å². The van der Waals surface area contributed by atoms with E-state index in [1.54, 1.807) is 29.2 Å². The van der Waals surface area contributed by atoms with E-state index >= 15 is 0 Å². The number of carbonyl (C=O) groups is 2. The maximum atomic E-state index is 12.6. The summed E-state index contributed by atoms with van der Waals surface area (Å²) in [5, 5.41) is 3.86. The lowest BCUT2D eigenvalue weighted by Gasteiger charge is -2.27. The Balaban J connectivity index is 1.54. The van der Waals surface area contributed by atoms with Crippen LogP contribution in [0.2, 0.25) is 5.02 Å². The lowest BCUT2D eigenvalue weighted by atomic mass is 10.1. The number of ether oxygens (including phenoxy) is 1. The molecule has 0 saturated carbocycles. The van der Waals surface area contributed by atoms with Gasteiger partial charge >= 0.3 is 0 Å². The van der Waals surface area contributed by atoms with E-state index in [0.717, 1.165) is 13.0 Å². The Morgan fingerprint density at radius 3 is 2.76 bits per heavy atom. The summed E-state index contributed by atoms with van der Waals surface area (Å²) >= 11 is 5.98. The van der Waals surface area contributed by atoms with Crippen molar-refractivity contribution < 1.29 is 14.3 Å². The van der Waals surface area contributed by atoms with Gasteiger partial charge < -0.3 is 19.9 Å². The van der Waals surface area contributed by atoms with Gasteiger partial charge in [-0.15, -0.1) is 0 Å². The standard InChI is InChI=1S/C18H24ClN3O3/c19-15-4-1-3-14(11-15)18(24)22-7-2-6-21(8-9-22)17(23)12-16-13-25-10-5-20-16/h1,3-4,11,16,20H,2,5-10,12-13H2. The van der Waals surface area contributed by atoms with Gasteiger partial charge in [0.25, 0.3) is 5.91 Å². The first-order chi connectivity index (χ1) is 12.1. The molecule has 136 valence electrons. The van der Waals surface area contributed by atoms with Gasteiger partial charge in [0, 0.05) is 55.8 Å². The fourth-order valence-electron chi connectivity index (χ4n) is 3.26. The summed E-state index contributed by atoms with van der Waals surface area (Å²) in [5.41, 5.74) is 0.593. The molecule has 1 aromatic carbocycles. The quantitative estimate of drug-likeness (QED) is 0.879. The van der Waals surface area contributed by atoms with Crippen LogP contribution in [0, 0.1) is 0 Å². The van der Waals surface area contributed by atoms with Crippen LogP contribution in [0.5, 0.6) is 0 Å². The van der Waals surface area contributed by atoms with Crippen molar-refractivity contribution >= 4 is 23.4 Å². The molecule has 0 aliphatic carbocycles. The van der Waals surface area contributed by atoms with Crippen LogP contribution in [0.15, 0.2) is 24.3 Å². The Labute approximate surface area is 153 Å². The van der Waals surface area contributed by atoms with Gasteiger partial charge in [0.05, 0.1) is 13.2 Å². The molecular formula is C18H24ClN3O3. The number of hydrogen-bond donors (Lipinski definition) is 1. The van der Waals surface area contributed by atoms with Crippen molar-refractivity contribution in [2.75, 3.05) is 45.9 Å². The molecule has 25 heavy (non-hydrogen) atoms. The Kier molecular flexibility index (Phi) is 6.29. The van der Waals surface area contributed by atoms with Gasteiger partial charge in [-0.3, -0.25) is 9.59 Å². The van der Waals surface area contributed by atoms with Crippen LogP contribution in [0.3, 0.4) is 0 Å². The first kappa shape index (κ1) is 18.2. The van der Waals surface area contributed by atoms with E-state index in [2.05, 4.69) is 5.32 Å². The Hall–Kier alpha value is -1.63. The number of hydrogen-bond acceptors (Lipinski definition) is 4. The Bertz CT molecular complexity index is 619. The van der Waals surface area contributed by atoms with Gasteiger partial charge in [-0.05, 0) is 24.6 Å². The number of halogens is 1. The minimum Gasteiger partial charge on any atom is -0.378 e. The molecule has 3 rings (SSSR count). The summed E-state index contributed by atoms with van der Waals surface area (Å²) < 4.78 is 5.41. The zero-order chi connectivity index (χ0) is 17.6. The summed E-state index contributed by atoms with van der Waals surface area (Å²) in [5.74, 6) is 0.0965. The molecule has 2 aliphatic heterocycles. The Morgan fingerprint density at radius 2 is 2.00 bits per heavy atom. The molecule has 2 amide bonds. The van der Waals surface area contributed by atoms with Crippen molar-refractivity contribution in [2.45, 2.75) is 18.9 Å². The molecule has 0 radical (unpaired) electrons. The van der Waals surface area contributed by atoms with Crippen LogP contribution in [-0.2, 0) is 9.53 Å². The predicted octanol–water partition coefficient (Wildman–Crippen LogP) is 1.39. The molecule has 1 aromatic rings. The molecule has 1 unspecified atom stereocenters. The first-order valence-corrected chi connectivity index (χ1v) is 9.15. The summed E-state index contributed by atoms with van der Waals surface area (Å²) in [6.45, 7) is 4.53. The first-order valence-electron chi connectivity index (χ1n) is 8.77. The maximum Gasteiger partial charge on any atom is 0.253 e. The van der Waals surface area contributed by atoms with E-state index in [9.17, 15) is 9.59 Å². The van der Waals surface area contributed by atoms with Crippen molar-refractivity contribution in [1.29, 1.82) is 0 Å². The molecule has 2 heterocycles. The van der Waals surface area contributed by atoms with Crippen LogP contribution < -0.4 is 5.32 Å². The van der Waals surface area contributed by atoms with Crippen molar-refractivity contribution in [3.8, 4) is 0 Å². The van der Waals surface area contributed by atoms with E-state index in [0.29, 0.717) is 56.4 Å². The second kappa shape index (κ2) is 8.65. The van der Waals surface area contributed by atoms with Gasteiger partial charge in [0.15, 0.2) is 0 Å². The number of morpholine rings is 1. The molecule has 2 saturated heterocycles. The zero-order valence-electron chi connectivity index (χ0n) is 14.2. The highest BCUT2D eigenvalue weighted by molar-refractivity contribution is 6.30. The minimum atomic E-state index is -0.0286. The van der Waals surface area contributed by atoms with E-state index in [-0.39, 0.29) is 17.9 Å². The summed E-state index contributed by atoms with van der Waals surface area (Å²) in [6, 6.07) is 7.09. The molecule has 7 heteroatoms. The van der Waals surface area contributed by atoms with Crippen LogP contribution in [0.25, 0.3) is 0 Å². The molecule has 1 atom stereocenters. The number of benzene rings is 1. The smallest absolute Gasteiger partial charge is 0.253 e. The number of carbonyl (C=O) groups excluding carboxylic acids is 2. The fraction of sp³-hybridized carbons (Fsp3) is 0.556. The van der Waals surface area contributed by atoms with Gasteiger partial charge in [-0.25, -0.2) is 0 Å². The zero-order valence-corrected chi connectivity index (χ0v) is 15.0. The van der Waals surface area contributed by atoms with Crippen molar-refractivity contribution in [3.63, 3.8) is 0 Å². The van der Waals surface area contributed by atoms with Gasteiger partial charge in [-0.2, -0.15) is 0 Å². The number of nitrogens with one attached hydrogen (secondary N) is 1. The molecule has 0 bridgehead atoms. The monoisotopic (exact) mass is 365 g/mol. The topological polar surface area (TPSA) is 61.9 Å². The van der Waals surface area contributed by atoms with E-state index < -0.39 is 0 Å². The molecule has 2 aliphatic rings. The largest absolute Gasteiger partial charge is 0.378 e. The SMILES string of the molecule is O=C(CC1COCCN1)N1CCCN(C(=O)c2cccc(Cl)c2)CC1. The average Bonchev–Trinajstić information content (AvgIpc) is 2.88.